The molecule has 1 saturated carbocycles. The van der Waals surface area contributed by atoms with Crippen LogP contribution in [0.2, 0.25) is 0 Å². The first-order valence-electron chi connectivity index (χ1n) is 6.42. The fraction of sp³-hybridized carbons (Fsp3) is 0.500. The standard InChI is InChI=1S/C14H17FN2S/c1-9-3-2-6-14(16,8-9)13-17-11-7-10(15)4-5-12(11)18-13/h4-5,7,9H,2-3,6,8,16H2,1H3. The van der Waals surface area contributed by atoms with Crippen molar-refractivity contribution in [2.75, 3.05) is 0 Å². The van der Waals surface area contributed by atoms with Crippen LogP contribution in [0.5, 0.6) is 0 Å². The Bertz CT molecular complexity index is 580. The van der Waals surface area contributed by atoms with Gasteiger partial charge in [-0.2, -0.15) is 0 Å². The van der Waals surface area contributed by atoms with Gasteiger partial charge in [-0.25, -0.2) is 9.37 Å². The SMILES string of the molecule is CC1CCCC(N)(c2nc3cc(F)ccc3s2)C1. The lowest BCUT2D eigenvalue weighted by atomic mass is 9.77. The molecular weight excluding hydrogens is 247 g/mol. The van der Waals surface area contributed by atoms with E-state index >= 15 is 0 Å². The molecule has 0 saturated heterocycles. The van der Waals surface area contributed by atoms with E-state index in [1.165, 1.54) is 18.6 Å². The van der Waals surface area contributed by atoms with Gasteiger partial charge in [-0.3, -0.25) is 0 Å². The molecule has 1 aliphatic rings. The molecular formula is C14H17FN2S. The minimum Gasteiger partial charge on any atom is -0.319 e. The number of fused-ring (bicyclic) bond motifs is 1. The van der Waals surface area contributed by atoms with Gasteiger partial charge in [0.25, 0.3) is 0 Å². The molecule has 1 aromatic carbocycles. The molecule has 1 fully saturated rings. The van der Waals surface area contributed by atoms with E-state index in [9.17, 15) is 4.39 Å². The Morgan fingerprint density at radius 3 is 3.11 bits per heavy atom. The molecule has 0 spiro atoms. The fourth-order valence-electron chi connectivity index (χ4n) is 2.90. The zero-order chi connectivity index (χ0) is 12.8. The first-order chi connectivity index (χ1) is 8.57. The number of hydrogen-bond donors (Lipinski definition) is 1. The predicted octanol–water partition coefficient (Wildman–Crippen LogP) is 3.80. The lowest BCUT2D eigenvalue weighted by Gasteiger charge is -2.35. The van der Waals surface area contributed by atoms with E-state index in [-0.39, 0.29) is 11.4 Å². The van der Waals surface area contributed by atoms with Crippen molar-refractivity contribution in [3.8, 4) is 0 Å². The Morgan fingerprint density at radius 2 is 2.33 bits per heavy atom. The largest absolute Gasteiger partial charge is 0.319 e. The predicted molar refractivity (Wildman–Crippen MR) is 73.1 cm³/mol. The molecule has 0 amide bonds. The van der Waals surface area contributed by atoms with Crippen molar-refractivity contribution >= 4 is 21.6 Å². The number of halogens is 1. The molecule has 2 unspecified atom stereocenters. The van der Waals surface area contributed by atoms with Crippen LogP contribution in [-0.4, -0.2) is 4.98 Å². The smallest absolute Gasteiger partial charge is 0.125 e. The van der Waals surface area contributed by atoms with Crippen LogP contribution < -0.4 is 5.73 Å². The fourth-order valence-corrected chi connectivity index (χ4v) is 3.99. The molecule has 18 heavy (non-hydrogen) atoms. The van der Waals surface area contributed by atoms with Crippen LogP contribution in [0.15, 0.2) is 18.2 Å². The first kappa shape index (κ1) is 12.1. The molecule has 2 nitrogen and oxygen atoms in total. The van der Waals surface area contributed by atoms with E-state index in [1.807, 2.05) is 0 Å². The van der Waals surface area contributed by atoms with E-state index in [0.29, 0.717) is 5.92 Å². The average molecular weight is 264 g/mol. The van der Waals surface area contributed by atoms with Crippen LogP contribution in [0.25, 0.3) is 10.2 Å². The van der Waals surface area contributed by atoms with E-state index < -0.39 is 0 Å². The molecule has 1 heterocycles. The molecule has 96 valence electrons. The van der Waals surface area contributed by atoms with Gasteiger partial charge in [0.05, 0.1) is 15.8 Å². The van der Waals surface area contributed by atoms with Crippen molar-refractivity contribution in [2.24, 2.45) is 11.7 Å². The average Bonchev–Trinajstić information content (AvgIpc) is 2.72. The summed E-state index contributed by atoms with van der Waals surface area (Å²) in [5.41, 5.74) is 6.95. The Kier molecular flexibility index (Phi) is 2.87. The normalized spacial score (nSPS) is 28.7. The number of nitrogens with two attached hydrogens (primary N) is 1. The van der Waals surface area contributed by atoms with E-state index in [4.69, 9.17) is 5.73 Å². The van der Waals surface area contributed by atoms with Gasteiger partial charge in [-0.05, 0) is 30.9 Å². The lowest BCUT2D eigenvalue weighted by molar-refractivity contribution is 0.239. The van der Waals surface area contributed by atoms with Crippen LogP contribution in [0, 0.1) is 11.7 Å². The van der Waals surface area contributed by atoms with Crippen LogP contribution in [0.1, 0.15) is 37.6 Å². The van der Waals surface area contributed by atoms with Gasteiger partial charge < -0.3 is 5.73 Å². The molecule has 2 aromatic rings. The summed E-state index contributed by atoms with van der Waals surface area (Å²) in [7, 11) is 0. The second kappa shape index (κ2) is 4.28. The van der Waals surface area contributed by atoms with E-state index in [2.05, 4.69) is 11.9 Å². The summed E-state index contributed by atoms with van der Waals surface area (Å²) in [5, 5.41) is 0.967. The minimum atomic E-state index is -0.308. The molecule has 0 aliphatic heterocycles. The third-order valence-corrected chi connectivity index (χ3v) is 5.06. The molecule has 3 rings (SSSR count). The summed E-state index contributed by atoms with van der Waals surface area (Å²) in [6.45, 7) is 2.24. The van der Waals surface area contributed by atoms with Crippen LogP contribution >= 0.6 is 11.3 Å². The van der Waals surface area contributed by atoms with Crippen molar-refractivity contribution < 1.29 is 4.39 Å². The lowest BCUT2D eigenvalue weighted by Crippen LogP contribution is -2.40. The van der Waals surface area contributed by atoms with Gasteiger partial charge in [0.1, 0.15) is 10.8 Å². The topological polar surface area (TPSA) is 38.9 Å². The molecule has 1 aliphatic carbocycles. The van der Waals surface area contributed by atoms with Gasteiger partial charge in [0, 0.05) is 6.07 Å². The van der Waals surface area contributed by atoms with Crippen LogP contribution in [0.4, 0.5) is 4.39 Å². The highest BCUT2D eigenvalue weighted by atomic mass is 32.1. The Labute approximate surface area is 110 Å². The highest BCUT2D eigenvalue weighted by Gasteiger charge is 2.35. The Balaban J connectivity index is 2.03. The summed E-state index contributed by atoms with van der Waals surface area (Å²) < 4.78 is 14.2. The number of nitrogens with zero attached hydrogens (tertiary/aromatic N) is 1. The summed E-state index contributed by atoms with van der Waals surface area (Å²) >= 11 is 1.61. The number of thiazole rings is 1. The summed E-state index contributed by atoms with van der Waals surface area (Å²) in [6, 6.07) is 4.77. The molecule has 0 radical (unpaired) electrons. The van der Waals surface area contributed by atoms with Gasteiger partial charge in [-0.15, -0.1) is 11.3 Å². The van der Waals surface area contributed by atoms with Crippen molar-refractivity contribution in [2.45, 2.75) is 38.1 Å². The maximum absolute atomic E-state index is 13.2. The highest BCUT2D eigenvalue weighted by Crippen LogP contribution is 2.40. The number of benzene rings is 1. The van der Waals surface area contributed by atoms with Gasteiger partial charge >= 0.3 is 0 Å². The van der Waals surface area contributed by atoms with Crippen molar-refractivity contribution in [3.63, 3.8) is 0 Å². The van der Waals surface area contributed by atoms with Crippen molar-refractivity contribution in [1.29, 1.82) is 0 Å². The minimum absolute atomic E-state index is 0.234. The molecule has 2 atom stereocenters. The van der Waals surface area contributed by atoms with Gasteiger partial charge in [-0.1, -0.05) is 19.8 Å². The second-order valence-electron chi connectivity index (χ2n) is 5.49. The zero-order valence-electron chi connectivity index (χ0n) is 10.4. The summed E-state index contributed by atoms with van der Waals surface area (Å²) in [4.78, 5) is 4.56. The number of rotatable bonds is 1. The van der Waals surface area contributed by atoms with Crippen LogP contribution in [-0.2, 0) is 5.54 Å². The van der Waals surface area contributed by atoms with Gasteiger partial charge in [0.15, 0.2) is 0 Å². The van der Waals surface area contributed by atoms with Gasteiger partial charge in [0.2, 0.25) is 0 Å². The van der Waals surface area contributed by atoms with E-state index in [0.717, 1.165) is 34.5 Å². The number of aromatic nitrogens is 1. The summed E-state index contributed by atoms with van der Waals surface area (Å²) in [5.74, 6) is 0.412. The second-order valence-corrected chi connectivity index (χ2v) is 6.52. The molecule has 4 heteroatoms. The first-order valence-corrected chi connectivity index (χ1v) is 7.24. The summed E-state index contributed by atoms with van der Waals surface area (Å²) in [6.07, 6.45) is 4.37. The van der Waals surface area contributed by atoms with E-state index in [1.54, 1.807) is 17.4 Å². The Morgan fingerprint density at radius 1 is 1.50 bits per heavy atom. The highest BCUT2D eigenvalue weighted by molar-refractivity contribution is 7.18. The third-order valence-electron chi connectivity index (χ3n) is 3.81. The quantitative estimate of drug-likeness (QED) is 0.851. The third kappa shape index (κ3) is 2.04. The number of hydrogen-bond acceptors (Lipinski definition) is 3. The maximum Gasteiger partial charge on any atom is 0.125 e. The maximum atomic E-state index is 13.2. The van der Waals surface area contributed by atoms with Crippen molar-refractivity contribution in [1.82, 2.24) is 4.98 Å². The monoisotopic (exact) mass is 264 g/mol. The van der Waals surface area contributed by atoms with Crippen LogP contribution in [0.3, 0.4) is 0 Å². The van der Waals surface area contributed by atoms with Crippen molar-refractivity contribution in [3.05, 3.63) is 29.0 Å². The molecule has 2 N–H and O–H groups in total. The Hall–Kier alpha value is -1.00. The molecule has 1 aromatic heterocycles. The zero-order valence-corrected chi connectivity index (χ0v) is 11.3. The molecule has 0 bridgehead atoms.